The van der Waals surface area contributed by atoms with E-state index in [0.29, 0.717) is 45.4 Å². The van der Waals surface area contributed by atoms with Crippen LogP contribution < -0.4 is 10.6 Å². The van der Waals surface area contributed by atoms with E-state index in [-0.39, 0.29) is 24.2 Å². The van der Waals surface area contributed by atoms with Crippen LogP contribution in [-0.2, 0) is 11.3 Å². The third kappa shape index (κ3) is 3.43. The minimum absolute atomic E-state index is 0.0301. The highest BCUT2D eigenvalue weighted by molar-refractivity contribution is 6.37. The molecule has 0 bridgehead atoms. The average molecular weight is 441 g/mol. The lowest BCUT2D eigenvalue weighted by molar-refractivity contribution is 0.0973. The molecule has 162 valence electrons. The number of aliphatic hydroxyl groups excluding tert-OH is 1. The van der Waals surface area contributed by atoms with E-state index < -0.39 is 0 Å². The maximum absolute atomic E-state index is 10.0. The van der Waals surface area contributed by atoms with Crippen molar-refractivity contribution in [1.82, 2.24) is 19.9 Å². The Morgan fingerprint density at radius 2 is 2.00 bits per heavy atom. The molecule has 2 atom stereocenters. The van der Waals surface area contributed by atoms with Crippen LogP contribution in [0.25, 0.3) is 22.3 Å². The summed E-state index contributed by atoms with van der Waals surface area (Å²) in [6.45, 7) is 4.16. The smallest absolute Gasteiger partial charge is 0.152 e. The number of hydrogen-bond acceptors (Lipinski definition) is 8. The number of nitrogens with zero attached hydrogens (tertiary/aromatic N) is 5. The van der Waals surface area contributed by atoms with Crippen molar-refractivity contribution < 1.29 is 9.84 Å². The summed E-state index contributed by atoms with van der Waals surface area (Å²) in [4.78, 5) is 20.1. The van der Waals surface area contributed by atoms with Crippen LogP contribution in [-0.4, -0.2) is 56.9 Å². The number of aliphatic hydroxyl groups is 1. The summed E-state index contributed by atoms with van der Waals surface area (Å²) in [5.74, 6) is 0.707. The molecule has 9 heteroatoms. The summed E-state index contributed by atoms with van der Waals surface area (Å²) in [5, 5.41) is 10.5. The Kier molecular flexibility index (Phi) is 5.26. The van der Waals surface area contributed by atoms with E-state index in [0.717, 1.165) is 25.9 Å². The number of rotatable bonds is 3. The zero-order valence-electron chi connectivity index (χ0n) is 17.3. The molecule has 8 nitrogen and oxygen atoms in total. The molecular formula is C22H25ClN6O2. The first-order chi connectivity index (χ1) is 15.0. The van der Waals surface area contributed by atoms with E-state index in [9.17, 15) is 5.11 Å². The van der Waals surface area contributed by atoms with Crippen molar-refractivity contribution in [2.45, 2.75) is 38.5 Å². The third-order valence-electron chi connectivity index (χ3n) is 6.73. The zero-order valence-corrected chi connectivity index (χ0v) is 18.1. The second-order valence-electron chi connectivity index (χ2n) is 8.43. The van der Waals surface area contributed by atoms with Crippen LogP contribution in [0.2, 0.25) is 5.02 Å². The number of piperidine rings is 1. The highest BCUT2D eigenvalue weighted by atomic mass is 35.5. The van der Waals surface area contributed by atoms with Gasteiger partial charge in [-0.2, -0.15) is 0 Å². The van der Waals surface area contributed by atoms with Gasteiger partial charge in [0.2, 0.25) is 0 Å². The fourth-order valence-corrected chi connectivity index (χ4v) is 5.06. The standard InChI is InChI=1S/C22H25ClN6O2/c1-13-20(24)22(12-31-13)4-8-29(9-5-22)21-17(11-30)28-16(10-27-21)14-2-3-15-19(18(14)23)26-7-6-25-15/h2-3,6-7,10,13,20,30H,4-5,8-9,11-12,24H2,1H3/t13-,20+/m0/s1. The number of anilines is 1. The normalized spacial score (nSPS) is 23.0. The summed E-state index contributed by atoms with van der Waals surface area (Å²) in [6.07, 6.45) is 6.90. The van der Waals surface area contributed by atoms with Gasteiger partial charge >= 0.3 is 0 Å². The van der Waals surface area contributed by atoms with Crippen LogP contribution in [0.5, 0.6) is 0 Å². The largest absolute Gasteiger partial charge is 0.390 e. The molecule has 1 spiro atoms. The molecule has 0 saturated carbocycles. The van der Waals surface area contributed by atoms with Crippen molar-refractivity contribution in [2.24, 2.45) is 11.1 Å². The Bertz CT molecular complexity index is 1120. The van der Waals surface area contributed by atoms with Gasteiger partial charge in [-0.25, -0.2) is 9.97 Å². The minimum Gasteiger partial charge on any atom is -0.390 e. The molecule has 2 aliphatic heterocycles. The number of benzene rings is 1. The Morgan fingerprint density at radius 3 is 2.71 bits per heavy atom. The molecule has 3 N–H and O–H groups in total. The predicted molar refractivity (Wildman–Crippen MR) is 119 cm³/mol. The van der Waals surface area contributed by atoms with Gasteiger partial charge in [-0.1, -0.05) is 11.6 Å². The van der Waals surface area contributed by atoms with Gasteiger partial charge < -0.3 is 20.5 Å². The fourth-order valence-electron chi connectivity index (χ4n) is 4.76. The van der Waals surface area contributed by atoms with Crippen molar-refractivity contribution in [3.8, 4) is 11.3 Å². The Balaban J connectivity index is 1.42. The Morgan fingerprint density at radius 1 is 1.23 bits per heavy atom. The van der Waals surface area contributed by atoms with E-state index >= 15 is 0 Å². The first-order valence-corrected chi connectivity index (χ1v) is 10.9. The summed E-state index contributed by atoms with van der Waals surface area (Å²) >= 11 is 6.59. The van der Waals surface area contributed by atoms with Crippen molar-refractivity contribution in [3.05, 3.63) is 41.4 Å². The van der Waals surface area contributed by atoms with Crippen molar-refractivity contribution in [3.63, 3.8) is 0 Å². The van der Waals surface area contributed by atoms with E-state index in [1.165, 1.54) is 0 Å². The SMILES string of the molecule is C[C@@H]1OCC2(CCN(c3ncc(-c4ccc5nccnc5c4Cl)nc3CO)CC2)[C@@H]1N. The highest BCUT2D eigenvalue weighted by Gasteiger charge is 2.47. The molecule has 0 unspecified atom stereocenters. The van der Waals surface area contributed by atoms with Crippen LogP contribution in [0.1, 0.15) is 25.5 Å². The second kappa shape index (κ2) is 7.94. The van der Waals surface area contributed by atoms with Gasteiger partial charge in [0.15, 0.2) is 5.82 Å². The summed E-state index contributed by atoms with van der Waals surface area (Å²) in [6, 6.07) is 3.77. The highest BCUT2D eigenvalue weighted by Crippen LogP contribution is 2.42. The molecule has 0 aliphatic carbocycles. The molecule has 2 saturated heterocycles. The molecule has 4 heterocycles. The third-order valence-corrected chi connectivity index (χ3v) is 7.12. The molecule has 2 aliphatic rings. The maximum atomic E-state index is 10.0. The van der Waals surface area contributed by atoms with Gasteiger partial charge in [0, 0.05) is 42.5 Å². The lowest BCUT2D eigenvalue weighted by Crippen LogP contribution is -2.51. The predicted octanol–water partition coefficient (Wildman–Crippen LogP) is 2.57. The first-order valence-electron chi connectivity index (χ1n) is 10.5. The van der Waals surface area contributed by atoms with E-state index in [1.807, 2.05) is 19.1 Å². The fraction of sp³-hybridized carbons (Fsp3) is 0.455. The second-order valence-corrected chi connectivity index (χ2v) is 8.80. The van der Waals surface area contributed by atoms with E-state index in [2.05, 4.69) is 24.8 Å². The molecule has 3 aromatic rings. The van der Waals surface area contributed by atoms with Gasteiger partial charge in [0.05, 0.1) is 41.7 Å². The van der Waals surface area contributed by atoms with E-state index in [1.54, 1.807) is 18.6 Å². The number of nitrogens with two attached hydrogens (primary N) is 1. The molecule has 5 rings (SSSR count). The molecule has 31 heavy (non-hydrogen) atoms. The van der Waals surface area contributed by atoms with Crippen LogP contribution >= 0.6 is 11.6 Å². The number of ether oxygens (including phenoxy) is 1. The lowest BCUT2D eigenvalue weighted by atomic mass is 9.73. The van der Waals surface area contributed by atoms with E-state index in [4.69, 9.17) is 22.1 Å². The van der Waals surface area contributed by atoms with Crippen LogP contribution in [0.15, 0.2) is 30.7 Å². The van der Waals surface area contributed by atoms with Gasteiger partial charge in [0.1, 0.15) is 11.2 Å². The van der Waals surface area contributed by atoms with Crippen molar-refractivity contribution in [2.75, 3.05) is 24.6 Å². The maximum Gasteiger partial charge on any atom is 0.152 e. The summed E-state index contributed by atoms with van der Waals surface area (Å²) in [5.41, 5.74) is 9.63. The van der Waals surface area contributed by atoms with Crippen molar-refractivity contribution >= 4 is 28.5 Å². The van der Waals surface area contributed by atoms with Crippen molar-refractivity contribution in [1.29, 1.82) is 0 Å². The van der Waals surface area contributed by atoms with Gasteiger partial charge in [-0.15, -0.1) is 0 Å². The zero-order chi connectivity index (χ0) is 21.6. The molecule has 2 fully saturated rings. The summed E-state index contributed by atoms with van der Waals surface area (Å²) in [7, 11) is 0. The molecular weight excluding hydrogens is 416 g/mol. The summed E-state index contributed by atoms with van der Waals surface area (Å²) < 4.78 is 5.82. The van der Waals surface area contributed by atoms with Gasteiger partial charge in [-0.05, 0) is 31.9 Å². The van der Waals surface area contributed by atoms with Crippen LogP contribution in [0.3, 0.4) is 0 Å². The first kappa shape index (κ1) is 20.5. The molecule has 2 aromatic heterocycles. The number of halogens is 1. The molecule has 1 aromatic carbocycles. The molecule has 0 amide bonds. The molecule has 0 radical (unpaired) electrons. The average Bonchev–Trinajstić information content (AvgIpc) is 3.08. The quantitative estimate of drug-likeness (QED) is 0.639. The Hall–Kier alpha value is -2.39. The topological polar surface area (TPSA) is 110 Å². The lowest BCUT2D eigenvalue weighted by Gasteiger charge is -2.41. The van der Waals surface area contributed by atoms with Gasteiger partial charge in [-0.3, -0.25) is 9.97 Å². The van der Waals surface area contributed by atoms with Gasteiger partial charge in [0.25, 0.3) is 0 Å². The monoisotopic (exact) mass is 440 g/mol. The number of aromatic nitrogens is 4. The van der Waals surface area contributed by atoms with Crippen LogP contribution in [0.4, 0.5) is 5.82 Å². The van der Waals surface area contributed by atoms with Crippen LogP contribution in [0, 0.1) is 5.41 Å². The minimum atomic E-state index is -0.206. The number of hydrogen-bond donors (Lipinski definition) is 2. The number of fused-ring (bicyclic) bond motifs is 1. The Labute approximate surface area is 185 Å².